The van der Waals surface area contributed by atoms with E-state index in [4.69, 9.17) is 4.98 Å². The second kappa shape index (κ2) is 10.7. The third kappa shape index (κ3) is 6.24. The summed E-state index contributed by atoms with van der Waals surface area (Å²) in [6.07, 6.45) is 5.68. The number of nitrogens with one attached hydrogen (secondary N) is 2. The molecule has 3 N–H and O–H groups in total. The smallest absolute Gasteiger partial charge is 0.152 e. The second-order valence-electron chi connectivity index (χ2n) is 7.91. The molecule has 0 unspecified atom stereocenters. The van der Waals surface area contributed by atoms with Gasteiger partial charge in [-0.05, 0) is 37.5 Å². The fourth-order valence-corrected chi connectivity index (χ4v) is 3.62. The number of anilines is 2. The van der Waals surface area contributed by atoms with E-state index >= 15 is 0 Å². The van der Waals surface area contributed by atoms with E-state index in [0.29, 0.717) is 5.82 Å². The average molecular weight is 432 g/mol. The second-order valence-corrected chi connectivity index (χ2v) is 7.91. The first-order chi connectivity index (χ1) is 15.7. The molecule has 0 aliphatic carbocycles. The Kier molecular flexibility index (Phi) is 7.24. The molecule has 8 nitrogen and oxygen atoms in total. The van der Waals surface area contributed by atoms with E-state index < -0.39 is 0 Å². The monoisotopic (exact) mass is 431 g/mol. The summed E-state index contributed by atoms with van der Waals surface area (Å²) >= 11 is 0. The van der Waals surface area contributed by atoms with Crippen molar-refractivity contribution in [3.63, 3.8) is 0 Å². The molecule has 3 aromatic rings. The molecule has 1 aliphatic heterocycles. The van der Waals surface area contributed by atoms with Crippen LogP contribution in [0, 0.1) is 6.92 Å². The van der Waals surface area contributed by atoms with Gasteiger partial charge in [-0.25, -0.2) is 9.97 Å². The number of rotatable bonds is 8. The van der Waals surface area contributed by atoms with E-state index in [9.17, 15) is 5.11 Å². The molecule has 0 spiro atoms. The molecule has 2 aromatic heterocycles. The van der Waals surface area contributed by atoms with E-state index in [1.165, 1.54) is 11.8 Å². The number of hydrazone groups is 1. The van der Waals surface area contributed by atoms with E-state index in [-0.39, 0.29) is 5.75 Å². The summed E-state index contributed by atoms with van der Waals surface area (Å²) in [6, 6.07) is 13.7. The molecular formula is C24H29N7O. The molecule has 1 aromatic carbocycles. The molecular weight excluding hydrogens is 402 g/mol. The Morgan fingerprint density at radius 1 is 1.12 bits per heavy atom. The van der Waals surface area contributed by atoms with Gasteiger partial charge < -0.3 is 15.3 Å². The van der Waals surface area contributed by atoms with Crippen molar-refractivity contribution < 1.29 is 5.11 Å². The molecule has 8 heteroatoms. The number of hydrogen-bond donors (Lipinski definition) is 3. The highest BCUT2D eigenvalue weighted by Crippen LogP contribution is 2.18. The van der Waals surface area contributed by atoms with Crippen LogP contribution in [0.5, 0.6) is 5.75 Å². The molecule has 3 heterocycles. The van der Waals surface area contributed by atoms with Crippen LogP contribution in [0.3, 0.4) is 0 Å². The maximum absolute atomic E-state index is 9.39. The number of pyridine rings is 1. The summed E-state index contributed by atoms with van der Waals surface area (Å²) in [4.78, 5) is 16.0. The lowest BCUT2D eigenvalue weighted by molar-refractivity contribution is 0.472. The predicted molar refractivity (Wildman–Crippen MR) is 127 cm³/mol. The molecule has 32 heavy (non-hydrogen) atoms. The Morgan fingerprint density at radius 2 is 2.00 bits per heavy atom. The van der Waals surface area contributed by atoms with Crippen LogP contribution in [0.2, 0.25) is 0 Å². The van der Waals surface area contributed by atoms with Gasteiger partial charge in [0.05, 0.1) is 12.4 Å². The van der Waals surface area contributed by atoms with Crippen LogP contribution in [-0.4, -0.2) is 52.5 Å². The van der Waals surface area contributed by atoms with Gasteiger partial charge >= 0.3 is 0 Å². The lowest BCUT2D eigenvalue weighted by Gasteiger charge is -2.28. The molecule has 0 amide bonds. The Morgan fingerprint density at radius 3 is 2.78 bits per heavy atom. The SMILES string of the molecule is Cc1cccc(/C=N/Nc2cc(N3CCNCC3)nc(CCCc3ccc(O)cn3)n2)c1. The van der Waals surface area contributed by atoms with Crippen molar-refractivity contribution in [2.75, 3.05) is 36.5 Å². The van der Waals surface area contributed by atoms with Gasteiger partial charge in [-0.2, -0.15) is 5.10 Å². The van der Waals surface area contributed by atoms with Gasteiger partial charge in [0.1, 0.15) is 17.4 Å². The van der Waals surface area contributed by atoms with E-state index in [0.717, 1.165) is 68.3 Å². The normalized spacial score (nSPS) is 14.1. The average Bonchev–Trinajstić information content (AvgIpc) is 2.81. The maximum atomic E-state index is 9.39. The third-order valence-corrected chi connectivity index (χ3v) is 5.28. The van der Waals surface area contributed by atoms with E-state index in [1.54, 1.807) is 12.3 Å². The van der Waals surface area contributed by atoms with Gasteiger partial charge in [0.15, 0.2) is 5.82 Å². The number of nitrogens with zero attached hydrogens (tertiary/aromatic N) is 5. The number of aromatic hydroxyl groups is 1. The zero-order chi connectivity index (χ0) is 22.2. The fourth-order valence-electron chi connectivity index (χ4n) is 3.62. The van der Waals surface area contributed by atoms with Crippen molar-refractivity contribution in [1.29, 1.82) is 0 Å². The Bertz CT molecular complexity index is 1050. The number of hydrogen-bond acceptors (Lipinski definition) is 8. The maximum Gasteiger partial charge on any atom is 0.152 e. The van der Waals surface area contributed by atoms with Crippen LogP contribution in [0.4, 0.5) is 11.6 Å². The number of benzene rings is 1. The van der Waals surface area contributed by atoms with Crippen LogP contribution in [0.15, 0.2) is 53.8 Å². The molecule has 0 bridgehead atoms. The first kappa shape index (κ1) is 21.7. The van der Waals surface area contributed by atoms with Gasteiger partial charge in [-0.1, -0.05) is 29.8 Å². The van der Waals surface area contributed by atoms with Gasteiger partial charge in [-0.15, -0.1) is 0 Å². The summed E-state index contributed by atoms with van der Waals surface area (Å²) in [6.45, 7) is 5.79. The molecule has 0 saturated carbocycles. The lowest BCUT2D eigenvalue weighted by Crippen LogP contribution is -2.44. The van der Waals surface area contributed by atoms with Crippen molar-refractivity contribution in [3.8, 4) is 5.75 Å². The Labute approximate surface area is 188 Å². The summed E-state index contributed by atoms with van der Waals surface area (Å²) < 4.78 is 0. The summed E-state index contributed by atoms with van der Waals surface area (Å²) in [5, 5.41) is 17.2. The van der Waals surface area contributed by atoms with Crippen LogP contribution >= 0.6 is 0 Å². The van der Waals surface area contributed by atoms with Crippen molar-refractivity contribution in [3.05, 3.63) is 71.3 Å². The van der Waals surface area contributed by atoms with Gasteiger partial charge in [0.25, 0.3) is 0 Å². The quantitative estimate of drug-likeness (QED) is 0.373. The fraction of sp³-hybridized carbons (Fsp3) is 0.333. The standard InChI is InChI=1S/C24H29N7O/c1-18-4-2-5-19(14-18)16-27-30-23-15-24(31-12-10-25-11-13-31)29-22(28-23)7-3-6-20-8-9-21(32)17-26-20/h2,4-5,8-9,14-17,25,32H,3,6-7,10-13H2,1H3,(H,28,29,30)/b27-16+. The van der Waals surface area contributed by atoms with Crippen molar-refractivity contribution in [1.82, 2.24) is 20.3 Å². The Hall–Kier alpha value is -3.52. The highest BCUT2D eigenvalue weighted by atomic mass is 16.3. The van der Waals surface area contributed by atoms with Gasteiger partial charge in [-0.3, -0.25) is 10.4 Å². The molecule has 0 radical (unpaired) electrons. The summed E-state index contributed by atoms with van der Waals surface area (Å²) in [5.41, 5.74) is 6.26. The van der Waals surface area contributed by atoms with Crippen molar-refractivity contribution in [2.24, 2.45) is 5.10 Å². The number of aromatic nitrogens is 3. The largest absolute Gasteiger partial charge is 0.506 e. The molecule has 4 rings (SSSR count). The molecule has 166 valence electrons. The number of piperazine rings is 1. The lowest BCUT2D eigenvalue weighted by atomic mass is 10.1. The zero-order valence-electron chi connectivity index (χ0n) is 18.3. The predicted octanol–water partition coefficient (Wildman–Crippen LogP) is 2.92. The van der Waals surface area contributed by atoms with Crippen molar-refractivity contribution in [2.45, 2.75) is 26.2 Å². The van der Waals surface area contributed by atoms with Gasteiger partial charge in [0, 0.05) is 44.4 Å². The zero-order valence-corrected chi connectivity index (χ0v) is 18.3. The summed E-state index contributed by atoms with van der Waals surface area (Å²) in [5.74, 6) is 2.58. The Balaban J connectivity index is 1.46. The topological polar surface area (TPSA) is 98.6 Å². The van der Waals surface area contributed by atoms with Crippen LogP contribution in [-0.2, 0) is 12.8 Å². The minimum absolute atomic E-state index is 0.183. The highest BCUT2D eigenvalue weighted by Gasteiger charge is 2.14. The molecule has 1 saturated heterocycles. The third-order valence-electron chi connectivity index (χ3n) is 5.28. The molecule has 0 atom stereocenters. The van der Waals surface area contributed by atoms with Crippen LogP contribution < -0.4 is 15.6 Å². The minimum atomic E-state index is 0.183. The summed E-state index contributed by atoms with van der Waals surface area (Å²) in [7, 11) is 0. The first-order valence-corrected chi connectivity index (χ1v) is 11.0. The molecule has 1 aliphatic rings. The van der Waals surface area contributed by atoms with E-state index in [2.05, 4.69) is 49.8 Å². The minimum Gasteiger partial charge on any atom is -0.506 e. The highest BCUT2D eigenvalue weighted by molar-refractivity contribution is 5.80. The van der Waals surface area contributed by atoms with Crippen LogP contribution in [0.25, 0.3) is 0 Å². The van der Waals surface area contributed by atoms with Crippen LogP contribution in [0.1, 0.15) is 29.1 Å². The number of aryl methyl sites for hydroxylation is 3. The molecule has 1 fully saturated rings. The van der Waals surface area contributed by atoms with Crippen molar-refractivity contribution >= 4 is 17.9 Å². The van der Waals surface area contributed by atoms with Gasteiger partial charge in [0.2, 0.25) is 0 Å². The first-order valence-electron chi connectivity index (χ1n) is 11.0. The van der Waals surface area contributed by atoms with E-state index in [1.807, 2.05) is 24.3 Å².